The normalized spacial score (nSPS) is 18.2. The van der Waals surface area contributed by atoms with Crippen molar-refractivity contribution in [1.82, 2.24) is 9.97 Å². The first-order valence-corrected chi connectivity index (χ1v) is 7.56. The lowest BCUT2D eigenvalue weighted by Crippen LogP contribution is -2.33. The number of hydrogen-bond donors (Lipinski definition) is 1. The fourth-order valence-electron chi connectivity index (χ4n) is 2.60. The third-order valence-corrected chi connectivity index (χ3v) is 4.58. The van der Waals surface area contributed by atoms with E-state index in [0.717, 1.165) is 31.1 Å². The van der Waals surface area contributed by atoms with Gasteiger partial charge in [-0.15, -0.1) is 11.3 Å². The molecular weight excluding hydrogens is 256 g/mol. The number of thiophene rings is 1. The standard InChI is InChI=1S/C14H18N4S/c1-3-15-13-8-14(17-9-16-13)18-6-4-12-11(10(18)2)5-7-19-12/h5,7-10H,3-4,6H2,1-2H3,(H,15,16,17). The van der Waals surface area contributed by atoms with Crippen LogP contribution in [-0.2, 0) is 6.42 Å². The smallest absolute Gasteiger partial charge is 0.134 e. The second-order valence-corrected chi connectivity index (χ2v) is 5.71. The Balaban J connectivity index is 1.89. The van der Waals surface area contributed by atoms with Gasteiger partial charge in [0.1, 0.15) is 18.0 Å². The van der Waals surface area contributed by atoms with E-state index in [1.54, 1.807) is 6.33 Å². The van der Waals surface area contributed by atoms with Gasteiger partial charge >= 0.3 is 0 Å². The highest BCUT2D eigenvalue weighted by atomic mass is 32.1. The summed E-state index contributed by atoms with van der Waals surface area (Å²) in [6.45, 7) is 6.22. The van der Waals surface area contributed by atoms with Crippen molar-refractivity contribution in [3.63, 3.8) is 0 Å². The second kappa shape index (κ2) is 5.17. The molecule has 1 N–H and O–H groups in total. The topological polar surface area (TPSA) is 41.0 Å². The number of hydrogen-bond acceptors (Lipinski definition) is 5. The molecule has 0 aliphatic carbocycles. The lowest BCUT2D eigenvalue weighted by Gasteiger charge is -2.34. The largest absolute Gasteiger partial charge is 0.370 e. The number of nitrogens with zero attached hydrogens (tertiary/aromatic N) is 3. The summed E-state index contributed by atoms with van der Waals surface area (Å²) in [5.41, 5.74) is 1.44. The molecule has 0 radical (unpaired) electrons. The van der Waals surface area contributed by atoms with Crippen LogP contribution in [0.4, 0.5) is 11.6 Å². The molecule has 0 fully saturated rings. The van der Waals surface area contributed by atoms with Crippen molar-refractivity contribution >= 4 is 23.0 Å². The van der Waals surface area contributed by atoms with Gasteiger partial charge in [0.25, 0.3) is 0 Å². The van der Waals surface area contributed by atoms with E-state index in [0.29, 0.717) is 6.04 Å². The van der Waals surface area contributed by atoms with Gasteiger partial charge in [0.05, 0.1) is 6.04 Å². The molecule has 1 aliphatic heterocycles. The van der Waals surface area contributed by atoms with Crippen LogP contribution in [0.15, 0.2) is 23.8 Å². The average molecular weight is 274 g/mol. The van der Waals surface area contributed by atoms with Crippen molar-refractivity contribution in [2.24, 2.45) is 0 Å². The third kappa shape index (κ3) is 2.30. The van der Waals surface area contributed by atoms with Crippen LogP contribution in [0.1, 0.15) is 30.3 Å². The van der Waals surface area contributed by atoms with Crippen molar-refractivity contribution in [2.75, 3.05) is 23.3 Å². The van der Waals surface area contributed by atoms with Gasteiger partial charge in [-0.2, -0.15) is 0 Å². The Labute approximate surface area is 117 Å². The van der Waals surface area contributed by atoms with Crippen molar-refractivity contribution in [3.05, 3.63) is 34.3 Å². The van der Waals surface area contributed by atoms with Crippen molar-refractivity contribution in [3.8, 4) is 0 Å². The summed E-state index contributed by atoms with van der Waals surface area (Å²) in [6.07, 6.45) is 2.75. The number of nitrogens with one attached hydrogen (secondary N) is 1. The molecule has 2 aromatic heterocycles. The fourth-order valence-corrected chi connectivity index (χ4v) is 3.57. The van der Waals surface area contributed by atoms with Crippen LogP contribution < -0.4 is 10.2 Å². The number of anilines is 2. The molecule has 100 valence electrons. The van der Waals surface area contributed by atoms with E-state index in [4.69, 9.17) is 0 Å². The molecule has 0 bridgehead atoms. The molecule has 3 rings (SSSR count). The minimum atomic E-state index is 0.388. The first kappa shape index (κ1) is 12.4. The summed E-state index contributed by atoms with van der Waals surface area (Å²) >= 11 is 1.87. The maximum absolute atomic E-state index is 4.43. The lowest BCUT2D eigenvalue weighted by atomic mass is 10.0. The molecule has 0 saturated carbocycles. The van der Waals surface area contributed by atoms with Crippen molar-refractivity contribution in [1.29, 1.82) is 0 Å². The number of rotatable bonds is 3. The maximum atomic E-state index is 4.43. The summed E-state index contributed by atoms with van der Waals surface area (Å²) in [5.74, 6) is 1.91. The summed E-state index contributed by atoms with van der Waals surface area (Å²) < 4.78 is 0. The van der Waals surface area contributed by atoms with Crippen LogP contribution in [0.3, 0.4) is 0 Å². The van der Waals surface area contributed by atoms with Crippen LogP contribution in [0.2, 0.25) is 0 Å². The molecule has 4 nitrogen and oxygen atoms in total. The Bertz CT molecular complexity index is 566. The molecule has 0 saturated heterocycles. The number of fused-ring (bicyclic) bond motifs is 1. The van der Waals surface area contributed by atoms with E-state index in [2.05, 4.69) is 45.5 Å². The Morgan fingerprint density at radius 2 is 2.37 bits per heavy atom. The minimum Gasteiger partial charge on any atom is -0.370 e. The molecule has 1 atom stereocenters. The molecule has 0 spiro atoms. The van der Waals surface area contributed by atoms with E-state index in [9.17, 15) is 0 Å². The SMILES string of the molecule is CCNc1cc(N2CCc3sccc3C2C)ncn1. The Morgan fingerprint density at radius 3 is 3.21 bits per heavy atom. The quantitative estimate of drug-likeness (QED) is 0.934. The van der Waals surface area contributed by atoms with Gasteiger partial charge in [-0.3, -0.25) is 0 Å². The maximum Gasteiger partial charge on any atom is 0.134 e. The Hall–Kier alpha value is -1.62. The minimum absolute atomic E-state index is 0.388. The molecule has 1 aliphatic rings. The summed E-state index contributed by atoms with van der Waals surface area (Å²) in [7, 11) is 0. The Kier molecular flexibility index (Phi) is 3.38. The van der Waals surface area contributed by atoms with Crippen LogP contribution in [0.25, 0.3) is 0 Å². The van der Waals surface area contributed by atoms with Crippen molar-refractivity contribution in [2.45, 2.75) is 26.3 Å². The molecule has 5 heteroatoms. The molecule has 0 amide bonds. The van der Waals surface area contributed by atoms with E-state index in [1.165, 1.54) is 10.4 Å². The zero-order chi connectivity index (χ0) is 13.2. The zero-order valence-electron chi connectivity index (χ0n) is 11.3. The van der Waals surface area contributed by atoms with Gasteiger partial charge in [-0.05, 0) is 37.3 Å². The van der Waals surface area contributed by atoms with E-state index < -0.39 is 0 Å². The predicted molar refractivity (Wildman–Crippen MR) is 80.0 cm³/mol. The highest BCUT2D eigenvalue weighted by Crippen LogP contribution is 2.35. The Morgan fingerprint density at radius 1 is 1.47 bits per heavy atom. The van der Waals surface area contributed by atoms with Gasteiger partial charge in [-0.25, -0.2) is 9.97 Å². The van der Waals surface area contributed by atoms with Crippen LogP contribution in [0, 0.1) is 0 Å². The van der Waals surface area contributed by atoms with Crippen LogP contribution >= 0.6 is 11.3 Å². The highest BCUT2D eigenvalue weighted by Gasteiger charge is 2.25. The first-order valence-electron chi connectivity index (χ1n) is 6.68. The van der Waals surface area contributed by atoms with Crippen LogP contribution in [-0.4, -0.2) is 23.1 Å². The fraction of sp³-hybridized carbons (Fsp3) is 0.429. The average Bonchev–Trinajstić information content (AvgIpc) is 2.89. The first-order chi connectivity index (χ1) is 9.29. The summed E-state index contributed by atoms with van der Waals surface area (Å²) in [5, 5.41) is 5.43. The molecule has 0 aromatic carbocycles. The monoisotopic (exact) mass is 274 g/mol. The molecule has 19 heavy (non-hydrogen) atoms. The third-order valence-electron chi connectivity index (χ3n) is 3.58. The lowest BCUT2D eigenvalue weighted by molar-refractivity contribution is 0.624. The number of aromatic nitrogens is 2. The van der Waals surface area contributed by atoms with Gasteiger partial charge in [0, 0.05) is 24.0 Å². The second-order valence-electron chi connectivity index (χ2n) is 4.71. The van der Waals surface area contributed by atoms with Gasteiger partial charge in [0.15, 0.2) is 0 Å². The van der Waals surface area contributed by atoms with Crippen LogP contribution in [0.5, 0.6) is 0 Å². The summed E-state index contributed by atoms with van der Waals surface area (Å²) in [6, 6.07) is 4.67. The molecule has 1 unspecified atom stereocenters. The van der Waals surface area contributed by atoms with E-state index >= 15 is 0 Å². The van der Waals surface area contributed by atoms with E-state index in [-0.39, 0.29) is 0 Å². The predicted octanol–water partition coefficient (Wildman–Crippen LogP) is 3.09. The van der Waals surface area contributed by atoms with Gasteiger partial charge < -0.3 is 10.2 Å². The molecule has 2 aromatic rings. The highest BCUT2D eigenvalue weighted by molar-refractivity contribution is 7.10. The van der Waals surface area contributed by atoms with Gasteiger partial charge in [-0.1, -0.05) is 0 Å². The molecule has 3 heterocycles. The van der Waals surface area contributed by atoms with Crippen molar-refractivity contribution < 1.29 is 0 Å². The van der Waals surface area contributed by atoms with Gasteiger partial charge in [0.2, 0.25) is 0 Å². The van der Waals surface area contributed by atoms with E-state index in [1.807, 2.05) is 17.4 Å². The molecular formula is C14H18N4S. The zero-order valence-corrected chi connectivity index (χ0v) is 12.1. The summed E-state index contributed by atoms with van der Waals surface area (Å²) in [4.78, 5) is 12.5.